The smallest absolute Gasteiger partial charge is 0.237 e. The zero-order valence-electron chi connectivity index (χ0n) is 12.2. The molecule has 4 nitrogen and oxygen atoms in total. The number of aryl methyl sites for hydroxylation is 1. The van der Waals surface area contributed by atoms with Crippen LogP contribution in [-0.2, 0) is 4.79 Å². The van der Waals surface area contributed by atoms with Gasteiger partial charge in [0.25, 0.3) is 0 Å². The van der Waals surface area contributed by atoms with Crippen molar-refractivity contribution in [1.29, 1.82) is 0 Å². The summed E-state index contributed by atoms with van der Waals surface area (Å²) < 4.78 is 0.818. The van der Waals surface area contributed by atoms with Crippen LogP contribution in [0, 0.1) is 6.92 Å². The summed E-state index contributed by atoms with van der Waals surface area (Å²) in [6, 6.07) is 13.9. The number of carbonyl (C=O) groups excluding carboxylic acids is 1. The van der Waals surface area contributed by atoms with Crippen molar-refractivity contribution in [2.75, 3.05) is 5.32 Å². The average Bonchev–Trinajstić information content (AvgIpc) is 2.92. The molecule has 0 aliphatic heterocycles. The summed E-state index contributed by atoms with van der Waals surface area (Å²) in [5.74, 6) is -0.0331. The van der Waals surface area contributed by atoms with E-state index in [0.717, 1.165) is 25.8 Å². The Morgan fingerprint density at radius 1 is 1.18 bits per heavy atom. The first-order valence-electron chi connectivity index (χ1n) is 6.89. The fraction of sp³-hybridized carbons (Fsp3) is 0.188. The summed E-state index contributed by atoms with van der Waals surface area (Å²) in [7, 11) is 0. The number of nitrogens with zero attached hydrogens (tertiary/aromatic N) is 2. The van der Waals surface area contributed by atoms with E-state index < -0.39 is 0 Å². The molecule has 1 N–H and O–H groups in total. The number of fused-ring (bicyclic) bond motifs is 1. The molecule has 112 valence electrons. The maximum atomic E-state index is 12.4. The molecule has 1 atom stereocenters. The summed E-state index contributed by atoms with van der Waals surface area (Å²) in [5.41, 5.74) is 0.837. The number of rotatable bonds is 4. The third kappa shape index (κ3) is 3.28. The van der Waals surface area contributed by atoms with Crippen LogP contribution in [-0.4, -0.2) is 21.4 Å². The number of hydrogen-bond acceptors (Lipinski definition) is 5. The molecule has 2 aromatic carbocycles. The Bertz CT molecular complexity index is 811. The van der Waals surface area contributed by atoms with Gasteiger partial charge in [-0.15, -0.1) is 10.2 Å². The van der Waals surface area contributed by atoms with Crippen LogP contribution in [0.25, 0.3) is 10.8 Å². The summed E-state index contributed by atoms with van der Waals surface area (Å²) >= 11 is 2.93. The second-order valence-corrected chi connectivity index (χ2v) is 7.63. The van der Waals surface area contributed by atoms with Gasteiger partial charge in [0, 0.05) is 11.1 Å². The fourth-order valence-electron chi connectivity index (χ4n) is 2.10. The average molecular weight is 329 g/mol. The molecule has 0 saturated carbocycles. The van der Waals surface area contributed by atoms with Crippen LogP contribution in [0.1, 0.15) is 11.9 Å². The van der Waals surface area contributed by atoms with E-state index in [2.05, 4.69) is 15.5 Å². The normalized spacial score (nSPS) is 12.3. The van der Waals surface area contributed by atoms with Crippen molar-refractivity contribution in [2.24, 2.45) is 0 Å². The van der Waals surface area contributed by atoms with E-state index in [4.69, 9.17) is 0 Å². The van der Waals surface area contributed by atoms with E-state index in [1.165, 1.54) is 23.1 Å². The van der Waals surface area contributed by atoms with Gasteiger partial charge in [0.15, 0.2) is 4.34 Å². The predicted molar refractivity (Wildman–Crippen MR) is 92.5 cm³/mol. The molecule has 3 aromatic rings. The topological polar surface area (TPSA) is 54.9 Å². The van der Waals surface area contributed by atoms with Crippen LogP contribution in [0.4, 0.5) is 5.69 Å². The van der Waals surface area contributed by atoms with Crippen molar-refractivity contribution in [1.82, 2.24) is 10.2 Å². The number of amides is 1. The summed E-state index contributed by atoms with van der Waals surface area (Å²) in [5, 5.41) is 13.9. The minimum absolute atomic E-state index is 0.0331. The van der Waals surface area contributed by atoms with Gasteiger partial charge >= 0.3 is 0 Å². The van der Waals surface area contributed by atoms with Crippen molar-refractivity contribution in [2.45, 2.75) is 23.4 Å². The first-order valence-corrected chi connectivity index (χ1v) is 8.58. The third-order valence-electron chi connectivity index (χ3n) is 3.20. The number of anilines is 1. The van der Waals surface area contributed by atoms with E-state index in [1.807, 2.05) is 56.3 Å². The molecule has 0 radical (unpaired) electrons. The quantitative estimate of drug-likeness (QED) is 0.732. The van der Waals surface area contributed by atoms with Crippen LogP contribution >= 0.6 is 23.1 Å². The van der Waals surface area contributed by atoms with Gasteiger partial charge in [-0.2, -0.15) is 0 Å². The zero-order valence-corrected chi connectivity index (χ0v) is 13.9. The van der Waals surface area contributed by atoms with E-state index >= 15 is 0 Å². The number of thioether (sulfide) groups is 1. The molecular weight excluding hydrogens is 314 g/mol. The lowest BCUT2D eigenvalue weighted by atomic mass is 10.1. The molecule has 0 spiro atoms. The van der Waals surface area contributed by atoms with Crippen LogP contribution in [0.5, 0.6) is 0 Å². The maximum Gasteiger partial charge on any atom is 0.237 e. The summed E-state index contributed by atoms with van der Waals surface area (Å²) in [6.07, 6.45) is 0. The first kappa shape index (κ1) is 15.0. The van der Waals surface area contributed by atoms with E-state index in [-0.39, 0.29) is 11.2 Å². The molecule has 1 aromatic heterocycles. The minimum atomic E-state index is -0.230. The largest absolute Gasteiger partial charge is 0.325 e. The number of nitrogens with one attached hydrogen (secondary N) is 1. The Labute approximate surface area is 137 Å². The lowest BCUT2D eigenvalue weighted by Gasteiger charge is -2.12. The second kappa shape index (κ2) is 6.46. The van der Waals surface area contributed by atoms with Crippen LogP contribution in [0.3, 0.4) is 0 Å². The highest BCUT2D eigenvalue weighted by molar-refractivity contribution is 8.02. The molecule has 0 fully saturated rings. The van der Waals surface area contributed by atoms with E-state index in [1.54, 1.807) is 0 Å². The number of carbonyl (C=O) groups is 1. The SMILES string of the molecule is Cc1nnc(SC(C)C(=O)Nc2cccc3ccccc23)s1. The van der Waals surface area contributed by atoms with Gasteiger partial charge in [-0.05, 0) is 25.3 Å². The Hall–Kier alpha value is -1.92. The Morgan fingerprint density at radius 2 is 1.95 bits per heavy atom. The summed E-state index contributed by atoms with van der Waals surface area (Å²) in [4.78, 5) is 12.4. The van der Waals surface area contributed by atoms with Crippen LogP contribution in [0.2, 0.25) is 0 Å². The van der Waals surface area contributed by atoms with E-state index in [0.29, 0.717) is 0 Å². The molecule has 3 rings (SSSR count). The molecular formula is C16H15N3OS2. The molecule has 1 unspecified atom stereocenters. The monoisotopic (exact) mass is 329 g/mol. The number of hydrogen-bond donors (Lipinski definition) is 1. The van der Waals surface area contributed by atoms with Gasteiger partial charge in [0.1, 0.15) is 5.01 Å². The molecule has 1 heterocycles. The Morgan fingerprint density at radius 3 is 2.73 bits per heavy atom. The lowest BCUT2D eigenvalue weighted by molar-refractivity contribution is -0.115. The predicted octanol–water partition coefficient (Wildman–Crippen LogP) is 4.12. The first-order chi connectivity index (χ1) is 10.6. The zero-order chi connectivity index (χ0) is 15.5. The van der Waals surface area contributed by atoms with Gasteiger partial charge in [-0.3, -0.25) is 4.79 Å². The van der Waals surface area contributed by atoms with Crippen LogP contribution in [0.15, 0.2) is 46.8 Å². The Balaban J connectivity index is 1.75. The van der Waals surface area contributed by atoms with E-state index in [9.17, 15) is 4.79 Å². The van der Waals surface area contributed by atoms with Crippen LogP contribution < -0.4 is 5.32 Å². The maximum absolute atomic E-state index is 12.4. The Kier molecular flexibility index (Phi) is 4.40. The number of benzene rings is 2. The van der Waals surface area contributed by atoms with Gasteiger partial charge in [0.2, 0.25) is 5.91 Å². The molecule has 0 aliphatic carbocycles. The molecule has 0 saturated heterocycles. The molecule has 0 aliphatic rings. The molecule has 22 heavy (non-hydrogen) atoms. The van der Waals surface area contributed by atoms with Gasteiger partial charge in [-0.1, -0.05) is 59.5 Å². The van der Waals surface area contributed by atoms with Crippen molar-refractivity contribution in [3.8, 4) is 0 Å². The van der Waals surface area contributed by atoms with Crippen molar-refractivity contribution in [3.05, 3.63) is 47.5 Å². The van der Waals surface area contributed by atoms with Gasteiger partial charge < -0.3 is 5.32 Å². The van der Waals surface area contributed by atoms with Gasteiger partial charge in [-0.25, -0.2) is 0 Å². The lowest BCUT2D eigenvalue weighted by Crippen LogP contribution is -2.22. The third-order valence-corrected chi connectivity index (χ3v) is 5.22. The minimum Gasteiger partial charge on any atom is -0.325 e. The highest BCUT2D eigenvalue weighted by Crippen LogP contribution is 2.28. The molecule has 1 amide bonds. The standard InChI is InChI=1S/C16H15N3OS2/c1-10(21-16-19-18-11(2)22-16)15(20)17-14-9-5-7-12-6-3-4-8-13(12)14/h3-10H,1-2H3,(H,17,20). The van der Waals surface area contributed by atoms with Crippen molar-refractivity contribution in [3.63, 3.8) is 0 Å². The number of aromatic nitrogens is 2. The van der Waals surface area contributed by atoms with Crippen molar-refractivity contribution >= 4 is 45.5 Å². The highest BCUT2D eigenvalue weighted by atomic mass is 32.2. The molecule has 6 heteroatoms. The van der Waals surface area contributed by atoms with Crippen molar-refractivity contribution < 1.29 is 4.79 Å². The highest BCUT2D eigenvalue weighted by Gasteiger charge is 2.17. The second-order valence-electron chi connectivity index (χ2n) is 4.86. The summed E-state index contributed by atoms with van der Waals surface area (Å²) in [6.45, 7) is 3.78. The fourth-order valence-corrected chi connectivity index (χ4v) is 4.06. The van der Waals surface area contributed by atoms with Gasteiger partial charge in [0.05, 0.1) is 5.25 Å². The molecule has 0 bridgehead atoms.